The molecule has 2 nitrogen and oxygen atoms in total. The number of halogens is 9. The summed E-state index contributed by atoms with van der Waals surface area (Å²) < 4.78 is 110. The van der Waals surface area contributed by atoms with Gasteiger partial charge in [-0.2, -0.15) is 30.7 Å². The summed E-state index contributed by atoms with van der Waals surface area (Å²) in [5, 5.41) is -1.08. The fourth-order valence-electron chi connectivity index (χ4n) is 2.42. The monoisotopic (exact) mass is 453 g/mol. The molecule has 0 N–H and O–H groups in total. The van der Waals surface area contributed by atoms with Gasteiger partial charge in [0.15, 0.2) is 5.82 Å². The number of alkyl halides is 6. The number of hydrogen-bond acceptors (Lipinski definition) is 2. The third-order valence-corrected chi connectivity index (χ3v) is 4.19. The molecule has 158 valence electrons. The van der Waals surface area contributed by atoms with Crippen LogP contribution in [0.1, 0.15) is 11.1 Å². The van der Waals surface area contributed by atoms with Gasteiger partial charge in [-0.05, 0) is 30.3 Å². The Hall–Kier alpha value is -2.88. The van der Waals surface area contributed by atoms with Gasteiger partial charge in [-0.3, -0.25) is 0 Å². The first-order chi connectivity index (χ1) is 13.9. The summed E-state index contributed by atoms with van der Waals surface area (Å²) >= 11 is 5.58. The summed E-state index contributed by atoms with van der Waals surface area (Å²) in [7, 11) is 0. The number of rotatable bonds is 3. The molecule has 3 rings (SSSR count). The van der Waals surface area contributed by atoms with Crippen LogP contribution in [0.4, 0.5) is 35.1 Å². The molecular weight excluding hydrogens is 446 g/mol. The zero-order valence-corrected chi connectivity index (χ0v) is 15.1. The van der Waals surface area contributed by atoms with Crippen LogP contribution >= 0.6 is 11.6 Å². The van der Waals surface area contributed by atoms with E-state index in [-0.39, 0.29) is 5.56 Å². The van der Waals surface area contributed by atoms with Gasteiger partial charge in [-0.25, -0.2) is 9.37 Å². The lowest BCUT2D eigenvalue weighted by atomic mass is 10.1. The van der Waals surface area contributed by atoms with E-state index in [1.165, 1.54) is 0 Å². The summed E-state index contributed by atoms with van der Waals surface area (Å²) in [6.07, 6.45) is -9.33. The molecule has 3 aromatic rings. The molecule has 0 spiro atoms. The predicted molar refractivity (Wildman–Crippen MR) is 91.1 cm³/mol. The highest BCUT2D eigenvalue weighted by atomic mass is 35.5. The van der Waals surface area contributed by atoms with Gasteiger partial charge in [0.25, 0.3) is 5.88 Å². The number of pyridine rings is 1. The molecule has 0 saturated carbocycles. The summed E-state index contributed by atoms with van der Waals surface area (Å²) in [6, 6.07) is 6.47. The Morgan fingerprint density at radius 3 is 1.93 bits per heavy atom. The Kier molecular flexibility index (Phi) is 5.64. The minimum absolute atomic E-state index is 0.184. The average Bonchev–Trinajstić information content (AvgIpc) is 2.67. The second kappa shape index (κ2) is 7.75. The first kappa shape index (κ1) is 21.8. The SMILES string of the molecule is Fc1c(Oc2cccc(C(F)(F)F)c2)nc(-c2ccc(C(F)(F)F)cc2)c(F)c1Cl. The molecule has 0 aliphatic rings. The molecule has 1 aromatic heterocycles. The van der Waals surface area contributed by atoms with Gasteiger partial charge in [0, 0.05) is 5.56 Å². The van der Waals surface area contributed by atoms with Crippen LogP contribution in [0.5, 0.6) is 11.6 Å². The van der Waals surface area contributed by atoms with Crippen LogP contribution in [-0.4, -0.2) is 4.98 Å². The first-order valence-corrected chi connectivity index (χ1v) is 8.33. The van der Waals surface area contributed by atoms with Gasteiger partial charge in [-0.1, -0.05) is 29.8 Å². The van der Waals surface area contributed by atoms with Crippen LogP contribution in [0.3, 0.4) is 0 Å². The number of aromatic nitrogens is 1. The van der Waals surface area contributed by atoms with E-state index in [4.69, 9.17) is 16.3 Å². The van der Waals surface area contributed by atoms with Crippen LogP contribution in [0.15, 0.2) is 48.5 Å². The third kappa shape index (κ3) is 4.48. The van der Waals surface area contributed by atoms with E-state index in [2.05, 4.69) is 4.98 Å². The summed E-state index contributed by atoms with van der Waals surface area (Å²) in [5.41, 5.74) is -2.93. The smallest absolute Gasteiger partial charge is 0.416 e. The highest BCUT2D eigenvalue weighted by molar-refractivity contribution is 6.31. The van der Waals surface area contributed by atoms with Gasteiger partial charge in [0.2, 0.25) is 5.82 Å². The van der Waals surface area contributed by atoms with E-state index in [0.717, 1.165) is 30.3 Å². The molecule has 2 aromatic carbocycles. The number of hydrogen-bond donors (Lipinski definition) is 0. The van der Waals surface area contributed by atoms with Crippen LogP contribution in [0, 0.1) is 11.6 Å². The standard InChI is InChI=1S/C19H8ClF8NO/c20-13-14(21)16(9-4-6-10(7-5-9)18(23,24)25)29-17(15(13)22)30-12-3-1-2-11(8-12)19(26,27)28/h1-8H. The van der Waals surface area contributed by atoms with Crippen molar-refractivity contribution in [3.63, 3.8) is 0 Å². The fraction of sp³-hybridized carbons (Fsp3) is 0.105. The van der Waals surface area contributed by atoms with E-state index in [9.17, 15) is 35.1 Å². The minimum Gasteiger partial charge on any atom is -0.436 e. The predicted octanol–water partition coefficient (Wildman–Crippen LogP) is 7.51. The Balaban J connectivity index is 2.03. The first-order valence-electron chi connectivity index (χ1n) is 7.95. The van der Waals surface area contributed by atoms with Gasteiger partial charge < -0.3 is 4.74 Å². The molecule has 0 bridgehead atoms. The zero-order chi connectivity index (χ0) is 22.3. The second-order valence-corrected chi connectivity index (χ2v) is 6.29. The Labute approximate surface area is 168 Å². The highest BCUT2D eigenvalue weighted by Crippen LogP contribution is 2.37. The third-order valence-electron chi connectivity index (χ3n) is 3.86. The van der Waals surface area contributed by atoms with Crippen molar-refractivity contribution < 1.29 is 39.9 Å². The van der Waals surface area contributed by atoms with E-state index in [0.29, 0.717) is 18.2 Å². The topological polar surface area (TPSA) is 22.1 Å². The van der Waals surface area contributed by atoms with E-state index < -0.39 is 57.5 Å². The van der Waals surface area contributed by atoms with Crippen molar-refractivity contribution in [1.29, 1.82) is 0 Å². The number of nitrogens with zero attached hydrogens (tertiary/aromatic N) is 1. The van der Waals surface area contributed by atoms with E-state index >= 15 is 0 Å². The molecule has 0 aliphatic carbocycles. The fourth-order valence-corrected chi connectivity index (χ4v) is 2.59. The van der Waals surface area contributed by atoms with Crippen LogP contribution in [0.2, 0.25) is 5.02 Å². The quantitative estimate of drug-likeness (QED) is 0.383. The average molecular weight is 454 g/mol. The number of benzene rings is 2. The summed E-state index contributed by atoms with van der Waals surface area (Å²) in [4.78, 5) is 3.56. The molecule has 0 unspecified atom stereocenters. The van der Waals surface area contributed by atoms with Gasteiger partial charge in [-0.15, -0.1) is 0 Å². The molecule has 1 heterocycles. The zero-order valence-electron chi connectivity index (χ0n) is 14.4. The molecular formula is C19H8ClF8NO. The van der Waals surface area contributed by atoms with Gasteiger partial charge in [0.05, 0.1) is 11.1 Å². The largest absolute Gasteiger partial charge is 0.436 e. The Morgan fingerprint density at radius 2 is 1.37 bits per heavy atom. The molecule has 0 atom stereocenters. The van der Waals surface area contributed by atoms with Crippen molar-refractivity contribution in [2.75, 3.05) is 0 Å². The van der Waals surface area contributed by atoms with Crippen molar-refractivity contribution in [3.05, 3.63) is 76.3 Å². The normalized spacial score (nSPS) is 12.2. The van der Waals surface area contributed by atoms with Crippen molar-refractivity contribution in [1.82, 2.24) is 4.98 Å². The molecule has 0 fully saturated rings. The maximum atomic E-state index is 14.4. The lowest BCUT2D eigenvalue weighted by Gasteiger charge is -2.13. The molecule has 0 radical (unpaired) electrons. The Morgan fingerprint density at radius 1 is 0.767 bits per heavy atom. The Bertz CT molecular complexity index is 1080. The van der Waals surface area contributed by atoms with E-state index in [1.807, 2.05) is 0 Å². The van der Waals surface area contributed by atoms with Crippen molar-refractivity contribution in [2.45, 2.75) is 12.4 Å². The van der Waals surface area contributed by atoms with Crippen LogP contribution in [-0.2, 0) is 12.4 Å². The maximum Gasteiger partial charge on any atom is 0.416 e. The molecule has 30 heavy (non-hydrogen) atoms. The summed E-state index contributed by atoms with van der Waals surface area (Å²) in [5.74, 6) is -4.26. The van der Waals surface area contributed by atoms with Crippen molar-refractivity contribution in [3.8, 4) is 22.9 Å². The van der Waals surface area contributed by atoms with Crippen LogP contribution in [0.25, 0.3) is 11.3 Å². The molecule has 0 amide bonds. The van der Waals surface area contributed by atoms with E-state index in [1.54, 1.807) is 0 Å². The van der Waals surface area contributed by atoms with Crippen LogP contribution < -0.4 is 4.74 Å². The van der Waals surface area contributed by atoms with Gasteiger partial charge in [0.1, 0.15) is 16.5 Å². The lowest BCUT2D eigenvalue weighted by Crippen LogP contribution is -2.05. The van der Waals surface area contributed by atoms with Crippen molar-refractivity contribution >= 4 is 11.6 Å². The minimum atomic E-state index is -4.70. The molecule has 11 heteroatoms. The molecule has 0 aliphatic heterocycles. The lowest BCUT2D eigenvalue weighted by molar-refractivity contribution is -0.138. The molecule has 0 saturated heterocycles. The maximum absolute atomic E-state index is 14.4. The second-order valence-electron chi connectivity index (χ2n) is 5.91. The highest BCUT2D eigenvalue weighted by Gasteiger charge is 2.32. The van der Waals surface area contributed by atoms with Crippen molar-refractivity contribution in [2.24, 2.45) is 0 Å². The number of ether oxygens (including phenoxy) is 1. The summed E-state index contributed by atoms with van der Waals surface area (Å²) in [6.45, 7) is 0. The van der Waals surface area contributed by atoms with Gasteiger partial charge >= 0.3 is 12.4 Å².